The number of aromatic nitrogens is 3. The molecule has 0 aliphatic rings. The number of halogens is 1. The Labute approximate surface area is 175 Å². The normalized spacial score (nSPS) is 12.2. The summed E-state index contributed by atoms with van der Waals surface area (Å²) in [5.74, 6) is 0.371. The molecular weight excluding hydrogens is 406 g/mol. The number of hydrogen-bond donors (Lipinski definition) is 1. The molecule has 0 radical (unpaired) electrons. The Balaban J connectivity index is 2.08. The monoisotopic (exact) mass is 423 g/mol. The molecule has 4 aromatic rings. The standard InChI is InChI=1S/C22H18ClN3O2S/c1-3-29(28)18-12-24-22-17(21(18)27)11-16(15-9-13(2)25-19(23)10-15)20(26-22)14-7-5-4-6-8-14/h4-12H,3H2,1-2H3,(H,24,26,27). The highest BCUT2D eigenvalue weighted by molar-refractivity contribution is 7.85. The van der Waals surface area contributed by atoms with Gasteiger partial charge in [-0.05, 0) is 30.7 Å². The van der Waals surface area contributed by atoms with E-state index < -0.39 is 10.8 Å². The molecule has 0 bridgehead atoms. The van der Waals surface area contributed by atoms with Crippen molar-refractivity contribution in [3.8, 4) is 22.4 Å². The van der Waals surface area contributed by atoms with Gasteiger partial charge in [-0.25, -0.2) is 9.97 Å². The molecule has 0 spiro atoms. The molecule has 0 saturated heterocycles. The predicted molar refractivity (Wildman–Crippen MR) is 118 cm³/mol. The number of aryl methyl sites for hydroxylation is 1. The van der Waals surface area contributed by atoms with Gasteiger partial charge in [-0.15, -0.1) is 0 Å². The summed E-state index contributed by atoms with van der Waals surface area (Å²) in [6.45, 7) is 3.64. The summed E-state index contributed by atoms with van der Waals surface area (Å²) in [4.78, 5) is 25.3. The Morgan fingerprint density at radius 3 is 2.52 bits per heavy atom. The quantitative estimate of drug-likeness (QED) is 0.481. The molecule has 3 aromatic heterocycles. The summed E-state index contributed by atoms with van der Waals surface area (Å²) < 4.78 is 12.3. The predicted octanol–water partition coefficient (Wildman–Crippen LogP) is 4.74. The zero-order valence-corrected chi connectivity index (χ0v) is 17.5. The minimum atomic E-state index is -1.36. The summed E-state index contributed by atoms with van der Waals surface area (Å²) in [7, 11) is -1.36. The number of hydrogen-bond acceptors (Lipinski definition) is 4. The summed E-state index contributed by atoms with van der Waals surface area (Å²) in [6, 6.07) is 15.2. The van der Waals surface area contributed by atoms with Crippen LogP contribution in [0, 0.1) is 6.92 Å². The molecule has 0 fully saturated rings. The largest absolute Gasteiger partial charge is 0.345 e. The first-order valence-electron chi connectivity index (χ1n) is 9.12. The third kappa shape index (κ3) is 3.73. The molecule has 5 nitrogen and oxygen atoms in total. The van der Waals surface area contributed by atoms with Crippen molar-refractivity contribution >= 4 is 33.4 Å². The van der Waals surface area contributed by atoms with Crippen LogP contribution in [0.1, 0.15) is 12.6 Å². The fourth-order valence-corrected chi connectivity index (χ4v) is 4.34. The average molecular weight is 424 g/mol. The summed E-state index contributed by atoms with van der Waals surface area (Å²) in [6.07, 6.45) is 1.50. The first-order chi connectivity index (χ1) is 14.0. The first-order valence-corrected chi connectivity index (χ1v) is 10.8. The van der Waals surface area contributed by atoms with Crippen LogP contribution in [0.3, 0.4) is 0 Å². The van der Waals surface area contributed by atoms with Crippen molar-refractivity contribution in [1.29, 1.82) is 0 Å². The molecule has 7 heteroatoms. The summed E-state index contributed by atoms with van der Waals surface area (Å²) in [5.41, 5.74) is 4.16. The van der Waals surface area contributed by atoms with Crippen LogP contribution in [0.25, 0.3) is 33.4 Å². The Hall–Kier alpha value is -2.83. The SMILES string of the molecule is CCS(=O)c1c[nH]c2nc(-c3ccccc3)c(-c3cc(C)nc(Cl)c3)cc2c1=O. The highest BCUT2D eigenvalue weighted by Crippen LogP contribution is 2.33. The minimum Gasteiger partial charge on any atom is -0.345 e. The first kappa shape index (κ1) is 19.5. The minimum absolute atomic E-state index is 0.254. The molecular formula is C22H18ClN3O2S. The second-order valence-electron chi connectivity index (χ2n) is 6.58. The third-order valence-electron chi connectivity index (χ3n) is 4.62. The number of nitrogens with zero attached hydrogens (tertiary/aromatic N) is 2. The van der Waals surface area contributed by atoms with Gasteiger partial charge in [0.2, 0.25) is 5.43 Å². The van der Waals surface area contributed by atoms with Crippen LogP contribution in [0.5, 0.6) is 0 Å². The molecule has 0 saturated carbocycles. The van der Waals surface area contributed by atoms with Gasteiger partial charge in [0, 0.05) is 28.8 Å². The van der Waals surface area contributed by atoms with Crippen molar-refractivity contribution < 1.29 is 4.21 Å². The second kappa shape index (κ2) is 7.89. The fraction of sp³-hybridized carbons (Fsp3) is 0.136. The molecule has 1 aromatic carbocycles. The Bertz CT molecular complexity index is 1280. The topological polar surface area (TPSA) is 75.7 Å². The molecule has 29 heavy (non-hydrogen) atoms. The summed E-state index contributed by atoms with van der Waals surface area (Å²) in [5, 5.41) is 0.762. The maximum Gasteiger partial charge on any atom is 0.207 e. The molecule has 3 heterocycles. The van der Waals surface area contributed by atoms with Crippen LogP contribution in [0.2, 0.25) is 5.15 Å². The van der Waals surface area contributed by atoms with Gasteiger partial charge in [0.25, 0.3) is 0 Å². The van der Waals surface area contributed by atoms with E-state index in [9.17, 15) is 9.00 Å². The number of pyridine rings is 3. The van der Waals surface area contributed by atoms with Crippen molar-refractivity contribution in [2.24, 2.45) is 0 Å². The zero-order chi connectivity index (χ0) is 20.5. The van der Waals surface area contributed by atoms with Crippen molar-refractivity contribution in [3.63, 3.8) is 0 Å². The molecule has 1 unspecified atom stereocenters. The van der Waals surface area contributed by atoms with E-state index in [0.717, 1.165) is 28.1 Å². The number of fused-ring (bicyclic) bond motifs is 1. The van der Waals surface area contributed by atoms with E-state index in [4.69, 9.17) is 16.6 Å². The van der Waals surface area contributed by atoms with E-state index in [1.807, 2.05) is 43.3 Å². The Morgan fingerprint density at radius 2 is 1.83 bits per heavy atom. The maximum atomic E-state index is 13.0. The molecule has 1 N–H and O–H groups in total. The summed E-state index contributed by atoms with van der Waals surface area (Å²) >= 11 is 6.19. The number of nitrogens with one attached hydrogen (secondary N) is 1. The maximum absolute atomic E-state index is 13.0. The van der Waals surface area contributed by atoms with Crippen molar-refractivity contribution in [2.45, 2.75) is 18.7 Å². The van der Waals surface area contributed by atoms with Crippen LogP contribution in [0.15, 0.2) is 64.4 Å². The van der Waals surface area contributed by atoms with E-state index in [0.29, 0.717) is 21.9 Å². The molecule has 0 amide bonds. The van der Waals surface area contributed by atoms with Crippen LogP contribution in [-0.2, 0) is 10.8 Å². The van der Waals surface area contributed by atoms with Crippen LogP contribution < -0.4 is 5.43 Å². The number of benzene rings is 1. The molecule has 1 atom stereocenters. The van der Waals surface area contributed by atoms with Gasteiger partial charge >= 0.3 is 0 Å². The lowest BCUT2D eigenvalue weighted by Gasteiger charge is -2.12. The van der Waals surface area contributed by atoms with E-state index in [1.165, 1.54) is 6.20 Å². The van der Waals surface area contributed by atoms with E-state index >= 15 is 0 Å². The number of rotatable bonds is 4. The number of H-pyrrole nitrogens is 1. The lowest BCUT2D eigenvalue weighted by atomic mass is 9.98. The fourth-order valence-electron chi connectivity index (χ4n) is 3.27. The van der Waals surface area contributed by atoms with Crippen LogP contribution >= 0.6 is 11.6 Å². The van der Waals surface area contributed by atoms with Gasteiger partial charge < -0.3 is 4.98 Å². The molecule has 0 aliphatic carbocycles. The van der Waals surface area contributed by atoms with Crippen molar-refractivity contribution in [2.75, 3.05) is 5.75 Å². The van der Waals surface area contributed by atoms with Crippen molar-refractivity contribution in [3.05, 3.63) is 75.8 Å². The Kier molecular flexibility index (Phi) is 5.30. The molecule has 146 valence electrons. The third-order valence-corrected chi connectivity index (χ3v) is 6.13. The highest BCUT2D eigenvalue weighted by atomic mass is 35.5. The van der Waals surface area contributed by atoms with Gasteiger partial charge in [-0.1, -0.05) is 48.9 Å². The lowest BCUT2D eigenvalue weighted by molar-refractivity contribution is 0.683. The van der Waals surface area contributed by atoms with Crippen LogP contribution in [-0.4, -0.2) is 24.9 Å². The second-order valence-corrected chi connectivity index (χ2v) is 8.68. The van der Waals surface area contributed by atoms with Gasteiger partial charge in [-0.2, -0.15) is 0 Å². The van der Waals surface area contributed by atoms with Gasteiger partial charge in [0.05, 0.1) is 21.9 Å². The number of aromatic amines is 1. The smallest absolute Gasteiger partial charge is 0.207 e. The average Bonchev–Trinajstić information content (AvgIpc) is 2.72. The highest BCUT2D eigenvalue weighted by Gasteiger charge is 2.17. The molecule has 0 aliphatic heterocycles. The van der Waals surface area contributed by atoms with Gasteiger partial charge in [-0.3, -0.25) is 9.00 Å². The van der Waals surface area contributed by atoms with Gasteiger partial charge in [0.1, 0.15) is 15.7 Å². The van der Waals surface area contributed by atoms with E-state index in [1.54, 1.807) is 19.1 Å². The Morgan fingerprint density at radius 1 is 1.07 bits per heavy atom. The van der Waals surface area contributed by atoms with Crippen molar-refractivity contribution in [1.82, 2.24) is 15.0 Å². The van der Waals surface area contributed by atoms with E-state index in [-0.39, 0.29) is 10.3 Å². The lowest BCUT2D eigenvalue weighted by Crippen LogP contribution is -2.13. The zero-order valence-electron chi connectivity index (χ0n) is 15.9. The molecule has 4 rings (SSSR count). The van der Waals surface area contributed by atoms with E-state index in [2.05, 4.69) is 9.97 Å². The van der Waals surface area contributed by atoms with Crippen LogP contribution in [0.4, 0.5) is 0 Å². The van der Waals surface area contributed by atoms with Gasteiger partial charge in [0.15, 0.2) is 0 Å².